The van der Waals surface area contributed by atoms with Gasteiger partial charge in [0.1, 0.15) is 0 Å². The number of nitriles is 1. The summed E-state index contributed by atoms with van der Waals surface area (Å²) in [4.78, 5) is 0. The predicted octanol–water partition coefficient (Wildman–Crippen LogP) is 4.51. The zero-order valence-electron chi connectivity index (χ0n) is 9.10. The summed E-state index contributed by atoms with van der Waals surface area (Å²) in [6, 6.07) is 19.8. The van der Waals surface area contributed by atoms with E-state index >= 15 is 0 Å². The van der Waals surface area contributed by atoms with Gasteiger partial charge >= 0.3 is 0 Å². The van der Waals surface area contributed by atoms with E-state index in [0.29, 0.717) is 5.57 Å². The number of hydrogen-bond acceptors (Lipinski definition) is 1. The van der Waals surface area contributed by atoms with Gasteiger partial charge in [-0.1, -0.05) is 58.4 Å². The second-order valence-electron chi connectivity index (χ2n) is 3.59. The van der Waals surface area contributed by atoms with Gasteiger partial charge in [-0.2, -0.15) is 5.26 Å². The van der Waals surface area contributed by atoms with Crippen molar-refractivity contribution in [1.82, 2.24) is 0 Å². The molecular formula is C15H10BrN. The summed E-state index contributed by atoms with van der Waals surface area (Å²) < 4.78 is 0.976. The molecular weight excluding hydrogens is 274 g/mol. The van der Waals surface area contributed by atoms with Crippen molar-refractivity contribution in [3.05, 3.63) is 70.2 Å². The Morgan fingerprint density at radius 3 is 2.47 bits per heavy atom. The molecule has 0 unspecified atom stereocenters. The molecule has 0 N–H and O–H groups in total. The molecule has 0 aliphatic heterocycles. The number of allylic oxidation sites excluding steroid dienone is 1. The van der Waals surface area contributed by atoms with Crippen molar-refractivity contribution in [2.24, 2.45) is 0 Å². The molecule has 1 nitrogen and oxygen atoms in total. The first kappa shape index (κ1) is 11.6. The molecule has 2 heteroatoms. The lowest BCUT2D eigenvalue weighted by Gasteiger charge is -2.00. The molecule has 0 atom stereocenters. The Balaban J connectivity index is 2.42. The minimum atomic E-state index is 0.664. The minimum absolute atomic E-state index is 0.664. The van der Waals surface area contributed by atoms with E-state index in [1.54, 1.807) is 0 Å². The van der Waals surface area contributed by atoms with E-state index in [4.69, 9.17) is 0 Å². The highest BCUT2D eigenvalue weighted by Gasteiger charge is 2.01. The SMILES string of the molecule is N#CC(=Cc1ccccc1)c1cccc(Br)c1. The van der Waals surface area contributed by atoms with Crippen LogP contribution in [0.15, 0.2) is 59.1 Å². The average molecular weight is 284 g/mol. The highest BCUT2D eigenvalue weighted by Crippen LogP contribution is 2.20. The topological polar surface area (TPSA) is 23.8 Å². The monoisotopic (exact) mass is 283 g/mol. The lowest BCUT2D eigenvalue weighted by Crippen LogP contribution is -1.81. The molecule has 2 rings (SSSR count). The molecule has 0 spiro atoms. The van der Waals surface area contributed by atoms with Crippen LogP contribution in [0.1, 0.15) is 11.1 Å². The van der Waals surface area contributed by atoms with Gasteiger partial charge in [0.05, 0.1) is 11.6 Å². The Labute approximate surface area is 109 Å². The molecule has 0 aliphatic carbocycles. The van der Waals surface area contributed by atoms with Crippen LogP contribution in [0.4, 0.5) is 0 Å². The number of nitrogens with zero attached hydrogens (tertiary/aromatic N) is 1. The van der Waals surface area contributed by atoms with Crippen molar-refractivity contribution in [3.8, 4) is 6.07 Å². The third kappa shape index (κ3) is 3.05. The summed E-state index contributed by atoms with van der Waals surface area (Å²) in [5.74, 6) is 0. The maximum absolute atomic E-state index is 9.20. The third-order valence-corrected chi connectivity index (χ3v) is 2.86. The van der Waals surface area contributed by atoms with Crippen LogP contribution in [0.2, 0.25) is 0 Å². The second kappa shape index (κ2) is 5.47. The van der Waals surface area contributed by atoms with Gasteiger partial charge in [0.25, 0.3) is 0 Å². The summed E-state index contributed by atoms with van der Waals surface area (Å²) in [6.45, 7) is 0. The quantitative estimate of drug-likeness (QED) is 0.588. The molecule has 0 aromatic heterocycles. The molecule has 0 saturated carbocycles. The van der Waals surface area contributed by atoms with E-state index in [1.165, 1.54) is 0 Å². The maximum Gasteiger partial charge on any atom is 0.0998 e. The summed E-state index contributed by atoms with van der Waals surface area (Å²) in [6.07, 6.45) is 1.89. The highest BCUT2D eigenvalue weighted by atomic mass is 79.9. The van der Waals surface area contributed by atoms with E-state index in [1.807, 2.05) is 60.7 Å². The zero-order valence-corrected chi connectivity index (χ0v) is 10.7. The molecule has 0 fully saturated rings. The fourth-order valence-corrected chi connectivity index (χ4v) is 1.95. The van der Waals surface area contributed by atoms with Crippen LogP contribution in [0.5, 0.6) is 0 Å². The molecule has 0 aliphatic rings. The van der Waals surface area contributed by atoms with Gasteiger partial charge in [0.2, 0.25) is 0 Å². The van der Waals surface area contributed by atoms with Crippen molar-refractivity contribution in [2.75, 3.05) is 0 Å². The third-order valence-electron chi connectivity index (χ3n) is 2.37. The molecule has 0 saturated heterocycles. The number of halogens is 1. The Hall–Kier alpha value is -1.85. The first-order chi connectivity index (χ1) is 8.29. The molecule has 2 aromatic carbocycles. The smallest absolute Gasteiger partial charge is 0.0998 e. The van der Waals surface area contributed by atoms with Gasteiger partial charge in [-0.3, -0.25) is 0 Å². The zero-order chi connectivity index (χ0) is 12.1. The summed E-state index contributed by atoms with van der Waals surface area (Å²) in [5.41, 5.74) is 2.62. The molecule has 2 aromatic rings. The van der Waals surface area contributed by atoms with Crippen LogP contribution in [-0.4, -0.2) is 0 Å². The van der Waals surface area contributed by atoms with Crippen LogP contribution < -0.4 is 0 Å². The Bertz CT molecular complexity index is 579. The van der Waals surface area contributed by atoms with Crippen LogP contribution >= 0.6 is 15.9 Å². The summed E-state index contributed by atoms with van der Waals surface area (Å²) >= 11 is 3.41. The molecule has 0 bridgehead atoms. The Morgan fingerprint density at radius 2 is 1.82 bits per heavy atom. The van der Waals surface area contributed by atoms with Crippen molar-refractivity contribution in [2.45, 2.75) is 0 Å². The van der Waals surface area contributed by atoms with Crippen molar-refractivity contribution < 1.29 is 0 Å². The summed E-state index contributed by atoms with van der Waals surface area (Å²) in [7, 11) is 0. The van der Waals surface area contributed by atoms with E-state index in [-0.39, 0.29) is 0 Å². The molecule has 0 amide bonds. The van der Waals surface area contributed by atoms with Crippen LogP contribution in [0, 0.1) is 11.3 Å². The fourth-order valence-electron chi connectivity index (χ4n) is 1.55. The minimum Gasteiger partial charge on any atom is -0.192 e. The predicted molar refractivity (Wildman–Crippen MR) is 74.1 cm³/mol. The van der Waals surface area contributed by atoms with Crippen molar-refractivity contribution >= 4 is 27.6 Å². The standard InChI is InChI=1S/C15H10BrN/c16-15-8-4-7-13(10-15)14(11-17)9-12-5-2-1-3-6-12/h1-10H. The highest BCUT2D eigenvalue weighted by molar-refractivity contribution is 9.10. The van der Waals surface area contributed by atoms with E-state index in [9.17, 15) is 5.26 Å². The van der Waals surface area contributed by atoms with Crippen LogP contribution in [0.25, 0.3) is 11.6 Å². The first-order valence-electron chi connectivity index (χ1n) is 5.22. The van der Waals surface area contributed by atoms with Gasteiger partial charge in [0, 0.05) is 4.47 Å². The Morgan fingerprint density at radius 1 is 1.06 bits per heavy atom. The lowest BCUT2D eigenvalue weighted by molar-refractivity contribution is 1.51. The normalized spacial score (nSPS) is 10.9. The van der Waals surface area contributed by atoms with Gasteiger partial charge in [0.15, 0.2) is 0 Å². The molecule has 17 heavy (non-hydrogen) atoms. The molecule has 0 radical (unpaired) electrons. The number of benzene rings is 2. The van der Waals surface area contributed by atoms with Crippen molar-refractivity contribution in [1.29, 1.82) is 5.26 Å². The van der Waals surface area contributed by atoms with Crippen LogP contribution in [-0.2, 0) is 0 Å². The molecule has 82 valence electrons. The van der Waals surface area contributed by atoms with Crippen LogP contribution in [0.3, 0.4) is 0 Å². The largest absolute Gasteiger partial charge is 0.192 e. The van der Waals surface area contributed by atoms with Gasteiger partial charge in [-0.15, -0.1) is 0 Å². The van der Waals surface area contributed by atoms with E-state index in [2.05, 4.69) is 22.0 Å². The maximum atomic E-state index is 9.20. The Kier molecular flexibility index (Phi) is 3.74. The van der Waals surface area contributed by atoms with E-state index in [0.717, 1.165) is 15.6 Å². The second-order valence-corrected chi connectivity index (χ2v) is 4.51. The van der Waals surface area contributed by atoms with Gasteiger partial charge in [-0.05, 0) is 29.3 Å². The average Bonchev–Trinajstić information content (AvgIpc) is 2.37. The lowest BCUT2D eigenvalue weighted by atomic mass is 10.0. The van der Waals surface area contributed by atoms with Crippen molar-refractivity contribution in [3.63, 3.8) is 0 Å². The first-order valence-corrected chi connectivity index (χ1v) is 6.01. The van der Waals surface area contributed by atoms with Gasteiger partial charge < -0.3 is 0 Å². The summed E-state index contributed by atoms with van der Waals surface area (Å²) in [5, 5.41) is 9.20. The molecule has 0 heterocycles. The van der Waals surface area contributed by atoms with Gasteiger partial charge in [-0.25, -0.2) is 0 Å². The number of rotatable bonds is 2. The number of hydrogen-bond donors (Lipinski definition) is 0. The van der Waals surface area contributed by atoms with E-state index < -0.39 is 0 Å². The fraction of sp³-hybridized carbons (Fsp3) is 0.